The largest absolute Gasteiger partial charge is 0.486 e. The number of rotatable bonds is 4. The van der Waals surface area contributed by atoms with Gasteiger partial charge in [0, 0.05) is 0 Å². The Balaban J connectivity index is 1.47. The van der Waals surface area contributed by atoms with Crippen LogP contribution in [0.25, 0.3) is 0 Å². The molecule has 0 radical (unpaired) electrons. The molecular formula is C17H14N2O6. The molecular weight excluding hydrogens is 328 g/mol. The van der Waals surface area contributed by atoms with Crippen molar-refractivity contribution >= 4 is 17.8 Å². The van der Waals surface area contributed by atoms with E-state index in [0.29, 0.717) is 17.3 Å². The predicted octanol–water partition coefficient (Wildman–Crippen LogP) is 1.41. The number of amides is 4. The highest BCUT2D eigenvalue weighted by molar-refractivity contribution is 6.44. The Labute approximate surface area is 142 Å². The van der Waals surface area contributed by atoms with Gasteiger partial charge in [0.15, 0.2) is 17.6 Å². The highest BCUT2D eigenvalue weighted by Gasteiger charge is 2.46. The van der Waals surface area contributed by atoms with E-state index in [1.165, 1.54) is 6.26 Å². The molecule has 0 N–H and O–H groups in total. The first kappa shape index (κ1) is 15.3. The third kappa shape index (κ3) is 2.71. The van der Waals surface area contributed by atoms with Crippen LogP contribution in [0, 0.1) is 0 Å². The molecule has 8 nitrogen and oxygen atoms in total. The molecule has 4 amide bonds. The van der Waals surface area contributed by atoms with Crippen LogP contribution in [-0.4, -0.2) is 46.9 Å². The lowest BCUT2D eigenvalue weighted by molar-refractivity contribution is -0.144. The van der Waals surface area contributed by atoms with Crippen LogP contribution in [-0.2, 0) is 16.1 Å². The summed E-state index contributed by atoms with van der Waals surface area (Å²) in [5.41, 5.74) is 0. The second-order valence-electron chi connectivity index (χ2n) is 5.67. The molecule has 8 heteroatoms. The second-order valence-corrected chi connectivity index (χ2v) is 5.67. The summed E-state index contributed by atoms with van der Waals surface area (Å²) < 4.78 is 16.4. The topological polar surface area (TPSA) is 89.3 Å². The zero-order valence-corrected chi connectivity index (χ0v) is 13.1. The Morgan fingerprint density at radius 2 is 1.72 bits per heavy atom. The quantitative estimate of drug-likeness (QED) is 0.616. The number of carbonyl (C=O) groups is 3. The molecule has 2 aliphatic heterocycles. The van der Waals surface area contributed by atoms with Gasteiger partial charge in [0.2, 0.25) is 0 Å². The van der Waals surface area contributed by atoms with E-state index in [0.717, 1.165) is 9.80 Å². The summed E-state index contributed by atoms with van der Waals surface area (Å²) in [4.78, 5) is 38.4. The van der Waals surface area contributed by atoms with Crippen LogP contribution < -0.4 is 9.47 Å². The number of hydrogen-bond acceptors (Lipinski definition) is 6. The monoisotopic (exact) mass is 342 g/mol. The van der Waals surface area contributed by atoms with E-state index in [4.69, 9.17) is 13.9 Å². The van der Waals surface area contributed by atoms with Gasteiger partial charge in [-0.1, -0.05) is 12.1 Å². The van der Waals surface area contributed by atoms with Gasteiger partial charge in [0.1, 0.15) is 12.4 Å². The lowest BCUT2D eigenvalue weighted by Gasteiger charge is -2.28. The fourth-order valence-electron chi connectivity index (χ4n) is 2.77. The van der Waals surface area contributed by atoms with Crippen molar-refractivity contribution in [1.29, 1.82) is 0 Å². The molecule has 1 saturated heterocycles. The maximum absolute atomic E-state index is 12.4. The number of urea groups is 1. The Hall–Kier alpha value is -3.29. The van der Waals surface area contributed by atoms with Crippen molar-refractivity contribution in [2.45, 2.75) is 12.6 Å². The zero-order chi connectivity index (χ0) is 17.4. The van der Waals surface area contributed by atoms with Crippen molar-refractivity contribution in [3.8, 4) is 11.5 Å². The number of furan rings is 1. The molecule has 0 aliphatic carbocycles. The molecule has 1 fully saturated rings. The zero-order valence-electron chi connectivity index (χ0n) is 13.1. The number of imide groups is 2. The van der Waals surface area contributed by atoms with Crippen molar-refractivity contribution in [3.63, 3.8) is 0 Å². The number of ether oxygens (including phenoxy) is 2. The lowest BCUT2D eigenvalue weighted by Crippen LogP contribution is -2.44. The second kappa shape index (κ2) is 5.97. The van der Waals surface area contributed by atoms with Gasteiger partial charge in [0.25, 0.3) is 0 Å². The summed E-state index contributed by atoms with van der Waals surface area (Å²) >= 11 is 0. The van der Waals surface area contributed by atoms with Gasteiger partial charge in [-0.3, -0.25) is 14.5 Å². The minimum absolute atomic E-state index is 0.0631. The molecule has 25 heavy (non-hydrogen) atoms. The summed E-state index contributed by atoms with van der Waals surface area (Å²) in [7, 11) is 0. The third-order valence-corrected chi connectivity index (χ3v) is 3.98. The van der Waals surface area contributed by atoms with Crippen molar-refractivity contribution < 1.29 is 28.3 Å². The van der Waals surface area contributed by atoms with E-state index in [2.05, 4.69) is 0 Å². The molecule has 0 bridgehead atoms. The SMILES string of the molecule is O=C1C(=O)N(C[C@H]2COc3ccccc3O2)C(=O)N1Cc1ccco1. The number of benzene rings is 1. The van der Waals surface area contributed by atoms with Crippen LogP contribution in [0.2, 0.25) is 0 Å². The highest BCUT2D eigenvalue weighted by Crippen LogP contribution is 2.31. The van der Waals surface area contributed by atoms with Gasteiger partial charge in [-0.25, -0.2) is 9.69 Å². The predicted molar refractivity (Wildman–Crippen MR) is 82.7 cm³/mol. The summed E-state index contributed by atoms with van der Waals surface area (Å²) in [5.74, 6) is -0.190. The van der Waals surface area contributed by atoms with E-state index in [1.807, 2.05) is 6.07 Å². The maximum atomic E-state index is 12.4. The number of hydrogen-bond donors (Lipinski definition) is 0. The van der Waals surface area contributed by atoms with E-state index in [9.17, 15) is 14.4 Å². The average Bonchev–Trinajstić information content (AvgIpc) is 3.21. The van der Waals surface area contributed by atoms with Crippen LogP contribution in [0.1, 0.15) is 5.76 Å². The van der Waals surface area contributed by atoms with E-state index in [1.54, 1.807) is 30.3 Å². The van der Waals surface area contributed by atoms with Gasteiger partial charge in [-0.05, 0) is 24.3 Å². The number of carbonyl (C=O) groups excluding carboxylic acids is 3. The molecule has 1 aromatic carbocycles. The first-order valence-corrected chi connectivity index (χ1v) is 7.71. The number of fused-ring (bicyclic) bond motifs is 1. The standard InChI is InChI=1S/C17H14N2O6/c20-15-16(21)19(17(22)18(15)8-11-4-3-7-23-11)9-12-10-24-13-5-1-2-6-14(13)25-12/h1-7,12H,8-10H2/t12-/m0/s1. The van der Waals surface area contributed by atoms with Crippen molar-refractivity contribution in [2.75, 3.05) is 13.2 Å². The normalized spacial score (nSPS) is 19.7. The van der Waals surface area contributed by atoms with E-state index < -0.39 is 23.9 Å². The molecule has 2 aromatic rings. The molecule has 0 spiro atoms. The van der Waals surface area contributed by atoms with Crippen LogP contribution in [0.5, 0.6) is 11.5 Å². The average molecular weight is 342 g/mol. The fraction of sp³-hybridized carbons (Fsp3) is 0.235. The minimum Gasteiger partial charge on any atom is -0.486 e. The molecule has 1 atom stereocenters. The molecule has 1 aromatic heterocycles. The smallest absolute Gasteiger partial charge is 0.334 e. The summed E-state index contributed by atoms with van der Waals surface area (Å²) in [6.45, 7) is 0.0323. The fourth-order valence-corrected chi connectivity index (χ4v) is 2.77. The highest BCUT2D eigenvalue weighted by atomic mass is 16.6. The van der Waals surface area contributed by atoms with E-state index in [-0.39, 0.29) is 19.7 Å². The lowest BCUT2D eigenvalue weighted by atomic mass is 10.2. The van der Waals surface area contributed by atoms with Crippen molar-refractivity contribution in [2.24, 2.45) is 0 Å². The van der Waals surface area contributed by atoms with E-state index >= 15 is 0 Å². The molecule has 128 valence electrons. The molecule has 3 heterocycles. The van der Waals surface area contributed by atoms with Crippen LogP contribution >= 0.6 is 0 Å². The summed E-state index contributed by atoms with van der Waals surface area (Å²) in [6, 6.07) is 9.71. The first-order valence-electron chi connectivity index (χ1n) is 7.71. The molecule has 4 rings (SSSR count). The first-order chi connectivity index (χ1) is 12.1. The summed E-state index contributed by atoms with van der Waals surface area (Å²) in [5, 5.41) is 0. The molecule has 0 saturated carbocycles. The van der Waals surface area contributed by atoms with Crippen molar-refractivity contribution in [1.82, 2.24) is 9.80 Å². The Morgan fingerprint density at radius 3 is 2.48 bits per heavy atom. The van der Waals surface area contributed by atoms with Gasteiger partial charge in [0.05, 0.1) is 19.4 Å². The Kier molecular flexibility index (Phi) is 3.64. The van der Waals surface area contributed by atoms with Crippen molar-refractivity contribution in [3.05, 3.63) is 48.4 Å². The summed E-state index contributed by atoms with van der Waals surface area (Å²) in [6.07, 6.45) is 0.893. The number of nitrogens with zero attached hydrogens (tertiary/aromatic N) is 2. The van der Waals surface area contributed by atoms with Gasteiger partial charge < -0.3 is 13.9 Å². The Bertz CT molecular complexity index is 831. The van der Waals surface area contributed by atoms with Crippen LogP contribution in [0.3, 0.4) is 0 Å². The Morgan fingerprint density at radius 1 is 0.960 bits per heavy atom. The van der Waals surface area contributed by atoms with Gasteiger partial charge >= 0.3 is 17.8 Å². The van der Waals surface area contributed by atoms with Gasteiger partial charge in [-0.2, -0.15) is 0 Å². The third-order valence-electron chi connectivity index (χ3n) is 3.98. The molecule has 2 aliphatic rings. The number of para-hydroxylation sites is 2. The van der Waals surface area contributed by atoms with Crippen LogP contribution in [0.15, 0.2) is 47.1 Å². The minimum atomic E-state index is -0.876. The maximum Gasteiger partial charge on any atom is 0.334 e. The van der Waals surface area contributed by atoms with Crippen LogP contribution in [0.4, 0.5) is 4.79 Å². The van der Waals surface area contributed by atoms with Gasteiger partial charge in [-0.15, -0.1) is 0 Å². The molecule has 0 unspecified atom stereocenters.